The van der Waals surface area contributed by atoms with Gasteiger partial charge in [0.05, 0.1) is 4.47 Å². The van der Waals surface area contributed by atoms with Gasteiger partial charge in [0.25, 0.3) is 0 Å². The first-order chi connectivity index (χ1) is 9.08. The van der Waals surface area contributed by atoms with Gasteiger partial charge in [-0.05, 0) is 52.7 Å². The molecule has 1 fully saturated rings. The zero-order chi connectivity index (χ0) is 13.9. The molecular weight excluding hydrogens is 316 g/mol. The van der Waals surface area contributed by atoms with Gasteiger partial charge in [0, 0.05) is 32.4 Å². The molecule has 0 radical (unpaired) electrons. The molecule has 1 aliphatic rings. The third-order valence-electron chi connectivity index (χ3n) is 3.73. The minimum Gasteiger partial charge on any atom is -0.385 e. The maximum Gasteiger partial charge on any atom is 0.144 e. The summed E-state index contributed by atoms with van der Waals surface area (Å²) < 4.78 is 32.7. The van der Waals surface area contributed by atoms with E-state index in [1.807, 2.05) is 0 Å². The maximum atomic E-state index is 13.8. The SMILES string of the molecule is COCCC1(CNCc2c(F)ccc(Br)c2F)CC1. The van der Waals surface area contributed by atoms with E-state index in [9.17, 15) is 8.78 Å². The molecule has 1 aromatic carbocycles. The van der Waals surface area contributed by atoms with Gasteiger partial charge in [-0.15, -0.1) is 0 Å². The zero-order valence-corrected chi connectivity index (χ0v) is 12.5. The van der Waals surface area contributed by atoms with Crippen LogP contribution in [0, 0.1) is 17.0 Å². The number of hydrogen-bond acceptors (Lipinski definition) is 2. The molecule has 0 aliphatic heterocycles. The second-order valence-corrected chi connectivity index (χ2v) is 6.02. The number of rotatable bonds is 7. The van der Waals surface area contributed by atoms with Gasteiger partial charge in [0.15, 0.2) is 0 Å². The van der Waals surface area contributed by atoms with Crippen LogP contribution in [0.2, 0.25) is 0 Å². The fraction of sp³-hybridized carbons (Fsp3) is 0.571. The molecule has 1 N–H and O–H groups in total. The van der Waals surface area contributed by atoms with Crippen molar-refractivity contribution >= 4 is 15.9 Å². The van der Waals surface area contributed by atoms with Crippen molar-refractivity contribution in [2.45, 2.75) is 25.8 Å². The fourth-order valence-corrected chi connectivity index (χ4v) is 2.57. The van der Waals surface area contributed by atoms with E-state index in [1.54, 1.807) is 7.11 Å². The van der Waals surface area contributed by atoms with Gasteiger partial charge in [0.2, 0.25) is 0 Å². The Labute approximate surface area is 120 Å². The molecule has 0 unspecified atom stereocenters. The molecular formula is C14H18BrF2NO. The minimum atomic E-state index is -0.519. The fourth-order valence-electron chi connectivity index (χ4n) is 2.19. The topological polar surface area (TPSA) is 21.3 Å². The molecule has 1 aliphatic carbocycles. The Hall–Kier alpha value is -0.520. The smallest absolute Gasteiger partial charge is 0.144 e. The molecule has 0 bridgehead atoms. The van der Waals surface area contributed by atoms with Gasteiger partial charge in [-0.2, -0.15) is 0 Å². The van der Waals surface area contributed by atoms with E-state index in [1.165, 1.54) is 12.1 Å². The molecule has 1 aromatic rings. The highest BCUT2D eigenvalue weighted by Crippen LogP contribution is 2.48. The Balaban J connectivity index is 1.88. The van der Waals surface area contributed by atoms with Crippen molar-refractivity contribution < 1.29 is 13.5 Å². The van der Waals surface area contributed by atoms with Crippen LogP contribution < -0.4 is 5.32 Å². The number of benzene rings is 1. The summed E-state index contributed by atoms with van der Waals surface area (Å²) in [6, 6.07) is 2.66. The van der Waals surface area contributed by atoms with Crippen LogP contribution in [0.1, 0.15) is 24.8 Å². The first-order valence-corrected chi connectivity index (χ1v) is 7.19. The van der Waals surface area contributed by atoms with E-state index < -0.39 is 11.6 Å². The van der Waals surface area contributed by atoms with Gasteiger partial charge in [-0.25, -0.2) is 8.78 Å². The summed E-state index contributed by atoms with van der Waals surface area (Å²) in [5.74, 6) is -1.02. The van der Waals surface area contributed by atoms with Crippen molar-refractivity contribution in [3.63, 3.8) is 0 Å². The molecule has 2 rings (SSSR count). The molecule has 0 aromatic heterocycles. The van der Waals surface area contributed by atoms with Crippen molar-refractivity contribution in [3.8, 4) is 0 Å². The Bertz CT molecular complexity index is 449. The third kappa shape index (κ3) is 3.74. The number of nitrogens with one attached hydrogen (secondary N) is 1. The predicted molar refractivity (Wildman–Crippen MR) is 73.9 cm³/mol. The Kier molecular flexibility index (Phi) is 4.92. The standard InChI is InChI=1S/C14H18BrF2NO/c1-19-7-6-14(4-5-14)9-18-8-10-12(16)3-2-11(15)13(10)17/h2-3,18H,4-9H2,1H3. The lowest BCUT2D eigenvalue weighted by Crippen LogP contribution is -2.25. The van der Waals surface area contributed by atoms with Gasteiger partial charge < -0.3 is 10.1 Å². The summed E-state index contributed by atoms with van der Waals surface area (Å²) in [6.45, 7) is 1.73. The zero-order valence-electron chi connectivity index (χ0n) is 10.9. The number of halogens is 3. The molecule has 1 saturated carbocycles. The minimum absolute atomic E-state index is 0.0944. The summed E-state index contributed by atoms with van der Waals surface area (Å²) in [7, 11) is 1.69. The third-order valence-corrected chi connectivity index (χ3v) is 4.35. The summed E-state index contributed by atoms with van der Waals surface area (Å²) in [6.07, 6.45) is 3.32. The lowest BCUT2D eigenvalue weighted by atomic mass is 10.0. The van der Waals surface area contributed by atoms with Crippen LogP contribution in [0.3, 0.4) is 0 Å². The highest BCUT2D eigenvalue weighted by molar-refractivity contribution is 9.10. The normalized spacial score (nSPS) is 16.6. The van der Waals surface area contributed by atoms with E-state index >= 15 is 0 Å². The molecule has 5 heteroatoms. The van der Waals surface area contributed by atoms with Crippen LogP contribution in [0.5, 0.6) is 0 Å². The van der Waals surface area contributed by atoms with Crippen molar-refractivity contribution in [1.29, 1.82) is 0 Å². The van der Waals surface area contributed by atoms with Crippen molar-refractivity contribution in [2.24, 2.45) is 5.41 Å². The largest absolute Gasteiger partial charge is 0.385 e. The highest BCUT2D eigenvalue weighted by atomic mass is 79.9. The summed E-state index contributed by atoms with van der Waals surface area (Å²) in [5, 5.41) is 3.17. The highest BCUT2D eigenvalue weighted by Gasteiger charge is 2.41. The van der Waals surface area contributed by atoms with Crippen LogP contribution in [0.15, 0.2) is 16.6 Å². The predicted octanol–water partition coefficient (Wildman–Crippen LogP) is 3.63. The molecule has 0 saturated heterocycles. The molecule has 0 atom stereocenters. The summed E-state index contributed by atoms with van der Waals surface area (Å²) >= 11 is 3.07. The van der Waals surface area contributed by atoms with Crippen molar-refractivity contribution in [1.82, 2.24) is 5.32 Å². The molecule has 19 heavy (non-hydrogen) atoms. The van der Waals surface area contributed by atoms with Crippen molar-refractivity contribution in [3.05, 3.63) is 33.8 Å². The van der Waals surface area contributed by atoms with Crippen molar-refractivity contribution in [2.75, 3.05) is 20.3 Å². The average Bonchev–Trinajstić information content (AvgIpc) is 3.16. The van der Waals surface area contributed by atoms with Crippen LogP contribution in [-0.2, 0) is 11.3 Å². The van der Waals surface area contributed by atoms with Crippen LogP contribution in [0.4, 0.5) is 8.78 Å². The maximum absolute atomic E-state index is 13.8. The van der Waals surface area contributed by atoms with Crippen LogP contribution >= 0.6 is 15.9 Å². The number of hydrogen-bond donors (Lipinski definition) is 1. The summed E-state index contributed by atoms with van der Waals surface area (Å²) in [4.78, 5) is 0. The van der Waals surface area contributed by atoms with Gasteiger partial charge in [0.1, 0.15) is 11.6 Å². The van der Waals surface area contributed by atoms with E-state index in [0.29, 0.717) is 4.47 Å². The average molecular weight is 334 g/mol. The van der Waals surface area contributed by atoms with E-state index in [2.05, 4.69) is 21.2 Å². The van der Waals surface area contributed by atoms with Gasteiger partial charge in [-0.1, -0.05) is 0 Å². The Morgan fingerprint density at radius 2 is 2.11 bits per heavy atom. The molecule has 0 amide bonds. The van der Waals surface area contributed by atoms with E-state index in [4.69, 9.17) is 4.74 Å². The van der Waals surface area contributed by atoms with E-state index in [0.717, 1.165) is 32.4 Å². The summed E-state index contributed by atoms with van der Waals surface area (Å²) in [5.41, 5.74) is 0.367. The van der Waals surface area contributed by atoms with Gasteiger partial charge in [-0.3, -0.25) is 0 Å². The quantitative estimate of drug-likeness (QED) is 0.769. The van der Waals surface area contributed by atoms with E-state index in [-0.39, 0.29) is 17.5 Å². The second-order valence-electron chi connectivity index (χ2n) is 5.17. The molecule has 106 valence electrons. The molecule has 0 spiro atoms. The van der Waals surface area contributed by atoms with Gasteiger partial charge >= 0.3 is 0 Å². The second kappa shape index (κ2) is 6.29. The first-order valence-electron chi connectivity index (χ1n) is 6.40. The number of methoxy groups -OCH3 is 1. The van der Waals surface area contributed by atoms with Crippen LogP contribution in [-0.4, -0.2) is 20.3 Å². The molecule has 2 nitrogen and oxygen atoms in total. The van der Waals surface area contributed by atoms with Crippen LogP contribution in [0.25, 0.3) is 0 Å². The monoisotopic (exact) mass is 333 g/mol. The first kappa shape index (κ1) is 14.9. The molecule has 0 heterocycles. The Morgan fingerprint density at radius 1 is 1.37 bits per heavy atom. The lowest BCUT2D eigenvalue weighted by molar-refractivity contribution is 0.171. The Morgan fingerprint density at radius 3 is 2.74 bits per heavy atom. The number of ether oxygens (including phenoxy) is 1. The lowest BCUT2D eigenvalue weighted by Gasteiger charge is -2.16.